The Hall–Kier alpha value is -0.730. The number of nitrogens with zero attached hydrogens (tertiary/aromatic N) is 2. The summed E-state index contributed by atoms with van der Waals surface area (Å²) in [6.07, 6.45) is 4.51. The number of rotatable bonds is 5. The second-order valence-electron chi connectivity index (χ2n) is 4.73. The lowest BCUT2D eigenvalue weighted by molar-refractivity contribution is 0.471. The number of sulfonamides is 1. The highest BCUT2D eigenvalue weighted by molar-refractivity contribution is 7.91. The van der Waals surface area contributed by atoms with E-state index >= 15 is 0 Å². The average Bonchev–Trinajstić information content (AvgIpc) is 3.15. The summed E-state index contributed by atoms with van der Waals surface area (Å²) in [5, 5.41) is 7.31. The van der Waals surface area contributed by atoms with E-state index in [9.17, 15) is 8.42 Å². The maximum atomic E-state index is 12.1. The lowest BCUT2D eigenvalue weighted by Gasteiger charge is -2.15. The van der Waals surface area contributed by atoms with Crippen molar-refractivity contribution in [2.75, 3.05) is 5.73 Å². The van der Waals surface area contributed by atoms with Gasteiger partial charge in [-0.3, -0.25) is 0 Å². The third kappa shape index (κ3) is 2.43. The maximum absolute atomic E-state index is 12.1. The van der Waals surface area contributed by atoms with Gasteiger partial charge in [-0.05, 0) is 37.5 Å². The Morgan fingerprint density at radius 3 is 2.24 bits per heavy atom. The minimum atomic E-state index is -3.53. The fraction of sp³-hybridized carbons (Fsp3) is 0.778. The lowest BCUT2D eigenvalue weighted by Crippen LogP contribution is -2.38. The highest BCUT2D eigenvalue weighted by Gasteiger charge is 2.43. The molecular weight excluding hydrogens is 260 g/mol. The molecule has 0 spiro atoms. The molecule has 2 aliphatic carbocycles. The SMILES string of the molecule is Nc1nnc(S(=O)(=O)NC(C2CC2)C2CC2)s1. The van der Waals surface area contributed by atoms with Gasteiger partial charge in [-0.15, -0.1) is 10.2 Å². The largest absolute Gasteiger partial charge is 0.374 e. The van der Waals surface area contributed by atoms with E-state index in [0.717, 1.165) is 37.0 Å². The van der Waals surface area contributed by atoms with Crippen molar-refractivity contribution in [1.29, 1.82) is 0 Å². The predicted octanol–water partition coefficient (Wildman–Crippen LogP) is 0.587. The number of nitrogens with one attached hydrogen (secondary N) is 1. The Kier molecular flexibility index (Phi) is 2.60. The van der Waals surface area contributed by atoms with Gasteiger partial charge in [0.05, 0.1) is 0 Å². The Morgan fingerprint density at radius 1 is 1.24 bits per heavy atom. The van der Waals surface area contributed by atoms with Crippen LogP contribution in [0.3, 0.4) is 0 Å². The van der Waals surface area contributed by atoms with Crippen LogP contribution in [0.2, 0.25) is 0 Å². The van der Waals surface area contributed by atoms with Crippen LogP contribution in [0.25, 0.3) is 0 Å². The summed E-state index contributed by atoms with van der Waals surface area (Å²) < 4.78 is 26.9. The molecule has 3 rings (SSSR count). The van der Waals surface area contributed by atoms with Gasteiger partial charge < -0.3 is 5.73 Å². The van der Waals surface area contributed by atoms with Gasteiger partial charge in [0.25, 0.3) is 10.0 Å². The molecule has 0 aromatic carbocycles. The number of hydrogen-bond acceptors (Lipinski definition) is 6. The standard InChI is InChI=1S/C9H14N4O2S2/c10-8-11-12-9(16-8)17(14,15)13-7(5-1-2-5)6-3-4-6/h5-7,13H,1-4H2,(H2,10,11). The quantitative estimate of drug-likeness (QED) is 0.818. The Bertz CT molecular complexity index is 507. The van der Waals surface area contributed by atoms with E-state index in [1.807, 2.05) is 0 Å². The fourth-order valence-corrected chi connectivity index (χ4v) is 4.22. The van der Waals surface area contributed by atoms with Crippen LogP contribution in [0.1, 0.15) is 25.7 Å². The van der Waals surface area contributed by atoms with Crippen molar-refractivity contribution in [3.05, 3.63) is 0 Å². The monoisotopic (exact) mass is 274 g/mol. The second kappa shape index (κ2) is 3.89. The summed E-state index contributed by atoms with van der Waals surface area (Å²) in [6, 6.07) is 0.0881. The van der Waals surface area contributed by atoms with E-state index in [2.05, 4.69) is 14.9 Å². The smallest absolute Gasteiger partial charge is 0.270 e. The third-order valence-corrected chi connectivity index (χ3v) is 5.78. The highest BCUT2D eigenvalue weighted by atomic mass is 32.2. The van der Waals surface area contributed by atoms with Crippen molar-refractivity contribution in [2.45, 2.75) is 36.1 Å². The molecule has 0 radical (unpaired) electrons. The molecular formula is C9H14N4O2S2. The number of aromatic nitrogens is 2. The molecule has 17 heavy (non-hydrogen) atoms. The first kappa shape index (κ1) is 11.4. The van der Waals surface area contributed by atoms with E-state index in [1.165, 1.54) is 0 Å². The molecule has 2 aliphatic rings. The summed E-state index contributed by atoms with van der Waals surface area (Å²) in [4.78, 5) is 0. The van der Waals surface area contributed by atoms with Gasteiger partial charge in [0.2, 0.25) is 9.47 Å². The van der Waals surface area contributed by atoms with Gasteiger partial charge in [-0.25, -0.2) is 13.1 Å². The number of nitrogen functional groups attached to an aromatic ring is 1. The minimum Gasteiger partial charge on any atom is -0.374 e. The average molecular weight is 274 g/mol. The van der Waals surface area contributed by atoms with Crippen LogP contribution < -0.4 is 10.5 Å². The summed E-state index contributed by atoms with van der Waals surface area (Å²) in [6.45, 7) is 0. The normalized spacial score (nSPS) is 21.0. The molecule has 0 bridgehead atoms. The van der Waals surface area contributed by atoms with Gasteiger partial charge in [-0.2, -0.15) is 0 Å². The molecule has 0 atom stereocenters. The van der Waals surface area contributed by atoms with Crippen LogP contribution in [0.4, 0.5) is 5.13 Å². The van der Waals surface area contributed by atoms with Crippen molar-refractivity contribution < 1.29 is 8.42 Å². The van der Waals surface area contributed by atoms with Gasteiger partial charge in [0.15, 0.2) is 0 Å². The molecule has 8 heteroatoms. The van der Waals surface area contributed by atoms with E-state index < -0.39 is 10.0 Å². The number of hydrogen-bond donors (Lipinski definition) is 2. The molecule has 0 saturated heterocycles. The van der Waals surface area contributed by atoms with E-state index in [-0.39, 0.29) is 15.5 Å². The Labute approximate surface area is 104 Å². The van der Waals surface area contributed by atoms with E-state index in [0.29, 0.717) is 11.8 Å². The summed E-state index contributed by atoms with van der Waals surface area (Å²) in [7, 11) is -3.53. The third-order valence-electron chi connectivity index (χ3n) is 3.20. The van der Waals surface area contributed by atoms with Crippen LogP contribution in [-0.2, 0) is 10.0 Å². The van der Waals surface area contributed by atoms with Gasteiger partial charge in [-0.1, -0.05) is 11.3 Å². The molecule has 2 fully saturated rings. The fourth-order valence-electron chi connectivity index (χ4n) is 2.05. The first-order valence-corrected chi connectivity index (χ1v) is 7.97. The van der Waals surface area contributed by atoms with Gasteiger partial charge in [0.1, 0.15) is 0 Å². The van der Waals surface area contributed by atoms with Crippen LogP contribution >= 0.6 is 11.3 Å². The molecule has 6 nitrogen and oxygen atoms in total. The zero-order valence-corrected chi connectivity index (χ0v) is 10.8. The van der Waals surface area contributed by atoms with E-state index in [1.54, 1.807) is 0 Å². The first-order valence-electron chi connectivity index (χ1n) is 5.67. The van der Waals surface area contributed by atoms with Crippen LogP contribution in [-0.4, -0.2) is 24.7 Å². The van der Waals surface area contributed by atoms with Crippen LogP contribution in [0.5, 0.6) is 0 Å². The summed E-state index contributed by atoms with van der Waals surface area (Å²) in [5.41, 5.74) is 5.40. The Morgan fingerprint density at radius 2 is 1.82 bits per heavy atom. The van der Waals surface area contributed by atoms with E-state index in [4.69, 9.17) is 5.73 Å². The zero-order chi connectivity index (χ0) is 12.0. The Balaban J connectivity index is 1.78. The number of nitrogens with two attached hydrogens (primary N) is 1. The van der Waals surface area contributed by atoms with Crippen LogP contribution in [0.15, 0.2) is 4.34 Å². The summed E-state index contributed by atoms with van der Waals surface area (Å²) >= 11 is 0.906. The molecule has 0 unspecified atom stereocenters. The highest BCUT2D eigenvalue weighted by Crippen LogP contribution is 2.45. The van der Waals surface area contributed by atoms with Gasteiger partial charge in [0, 0.05) is 6.04 Å². The predicted molar refractivity (Wildman–Crippen MR) is 63.9 cm³/mol. The van der Waals surface area contributed by atoms with Crippen LogP contribution in [0, 0.1) is 11.8 Å². The molecule has 1 aromatic rings. The topological polar surface area (TPSA) is 98.0 Å². The van der Waals surface area contributed by atoms with Crippen molar-refractivity contribution in [2.24, 2.45) is 11.8 Å². The van der Waals surface area contributed by atoms with Gasteiger partial charge >= 0.3 is 0 Å². The number of anilines is 1. The molecule has 94 valence electrons. The lowest BCUT2D eigenvalue weighted by atomic mass is 10.1. The molecule has 0 aliphatic heterocycles. The molecule has 1 aromatic heterocycles. The van der Waals surface area contributed by atoms with Crippen molar-refractivity contribution in [3.8, 4) is 0 Å². The molecule has 0 amide bonds. The second-order valence-corrected chi connectivity index (χ2v) is 7.62. The van der Waals surface area contributed by atoms with Crippen molar-refractivity contribution in [1.82, 2.24) is 14.9 Å². The molecule has 1 heterocycles. The van der Waals surface area contributed by atoms with Crippen molar-refractivity contribution >= 4 is 26.5 Å². The molecule has 2 saturated carbocycles. The first-order chi connectivity index (χ1) is 8.06. The summed E-state index contributed by atoms with van der Waals surface area (Å²) in [5.74, 6) is 1.03. The molecule has 3 N–H and O–H groups in total. The minimum absolute atomic E-state index is 0.0266. The maximum Gasteiger partial charge on any atom is 0.270 e. The van der Waals surface area contributed by atoms with Crippen molar-refractivity contribution in [3.63, 3.8) is 0 Å². The zero-order valence-electron chi connectivity index (χ0n) is 9.17.